The van der Waals surface area contributed by atoms with Gasteiger partial charge in [-0.15, -0.1) is 0 Å². The lowest BCUT2D eigenvalue weighted by atomic mass is 9.70. The summed E-state index contributed by atoms with van der Waals surface area (Å²) in [5.74, 6) is 0.0785. The van der Waals surface area contributed by atoms with Gasteiger partial charge in [-0.25, -0.2) is 13.6 Å². The molecule has 1 aromatic carbocycles. The standard InChI is InChI=1S/C15H22N2O4S/c1-11(2)15(10-16,7-4-8-18)12-5-6-13(21-3)14(9-12)22(17,19)20/h5-6,9,11,18H,4,7-8H2,1-3H3,(H2,17,19,20). The lowest BCUT2D eigenvalue weighted by Crippen LogP contribution is -2.31. The summed E-state index contributed by atoms with van der Waals surface area (Å²) >= 11 is 0. The van der Waals surface area contributed by atoms with Gasteiger partial charge in [-0.3, -0.25) is 0 Å². The molecule has 0 radical (unpaired) electrons. The van der Waals surface area contributed by atoms with Crippen molar-refractivity contribution in [2.45, 2.75) is 37.0 Å². The van der Waals surface area contributed by atoms with Crippen LogP contribution in [0.2, 0.25) is 0 Å². The Bertz CT molecular complexity index is 665. The minimum atomic E-state index is -3.97. The van der Waals surface area contributed by atoms with Gasteiger partial charge in [-0.05, 0) is 36.5 Å². The Kier molecular flexibility index (Phi) is 5.94. The molecule has 0 saturated carbocycles. The average molecular weight is 326 g/mol. The van der Waals surface area contributed by atoms with Crippen molar-refractivity contribution in [1.29, 1.82) is 5.26 Å². The zero-order valence-corrected chi connectivity index (χ0v) is 13.9. The second kappa shape index (κ2) is 7.09. The van der Waals surface area contributed by atoms with E-state index in [4.69, 9.17) is 15.0 Å². The molecule has 0 bridgehead atoms. The highest BCUT2D eigenvalue weighted by Crippen LogP contribution is 2.39. The first-order valence-electron chi connectivity index (χ1n) is 6.96. The number of ether oxygens (including phenoxy) is 1. The lowest BCUT2D eigenvalue weighted by Gasteiger charge is -2.31. The van der Waals surface area contributed by atoms with Gasteiger partial charge in [0.05, 0.1) is 18.6 Å². The fourth-order valence-electron chi connectivity index (χ4n) is 2.55. The number of sulfonamides is 1. The van der Waals surface area contributed by atoms with Gasteiger partial charge >= 0.3 is 0 Å². The summed E-state index contributed by atoms with van der Waals surface area (Å²) in [5, 5.41) is 24.0. The Morgan fingerprint density at radius 2 is 2.09 bits per heavy atom. The van der Waals surface area contributed by atoms with Gasteiger partial charge < -0.3 is 9.84 Å². The number of aliphatic hydroxyl groups excluding tert-OH is 1. The summed E-state index contributed by atoms with van der Waals surface area (Å²) in [6.45, 7) is 3.75. The van der Waals surface area contributed by atoms with Crippen molar-refractivity contribution in [3.63, 3.8) is 0 Å². The fourth-order valence-corrected chi connectivity index (χ4v) is 3.27. The minimum Gasteiger partial charge on any atom is -0.495 e. The zero-order valence-electron chi connectivity index (χ0n) is 13.0. The number of aliphatic hydroxyl groups is 1. The molecular weight excluding hydrogens is 304 g/mol. The average Bonchev–Trinajstić information content (AvgIpc) is 2.47. The number of benzene rings is 1. The Morgan fingerprint density at radius 1 is 1.45 bits per heavy atom. The highest BCUT2D eigenvalue weighted by Gasteiger charge is 2.36. The number of methoxy groups -OCH3 is 1. The Morgan fingerprint density at radius 3 is 2.50 bits per heavy atom. The summed E-state index contributed by atoms with van der Waals surface area (Å²) in [6.07, 6.45) is 0.872. The molecule has 0 spiro atoms. The van der Waals surface area contributed by atoms with Gasteiger partial charge in [-0.2, -0.15) is 5.26 Å². The molecule has 0 heterocycles. The van der Waals surface area contributed by atoms with Crippen molar-refractivity contribution in [2.75, 3.05) is 13.7 Å². The molecule has 122 valence electrons. The Labute approximate surface area is 131 Å². The number of hydrogen-bond donors (Lipinski definition) is 2. The first-order chi connectivity index (χ1) is 10.2. The fraction of sp³-hybridized carbons (Fsp3) is 0.533. The van der Waals surface area contributed by atoms with Crippen molar-refractivity contribution in [2.24, 2.45) is 11.1 Å². The van der Waals surface area contributed by atoms with Gasteiger partial charge in [0.25, 0.3) is 0 Å². The van der Waals surface area contributed by atoms with Crippen molar-refractivity contribution < 1.29 is 18.3 Å². The van der Waals surface area contributed by atoms with E-state index in [-0.39, 0.29) is 23.2 Å². The van der Waals surface area contributed by atoms with Crippen LogP contribution in [0.15, 0.2) is 23.1 Å². The van der Waals surface area contributed by atoms with Crippen molar-refractivity contribution in [3.05, 3.63) is 23.8 Å². The molecule has 1 aromatic rings. The molecule has 0 saturated heterocycles. The second-order valence-electron chi connectivity index (χ2n) is 5.48. The van der Waals surface area contributed by atoms with E-state index in [9.17, 15) is 13.7 Å². The summed E-state index contributed by atoms with van der Waals surface area (Å²) in [4.78, 5) is -0.142. The predicted octanol–water partition coefficient (Wildman–Crippen LogP) is 1.53. The van der Waals surface area contributed by atoms with E-state index in [1.165, 1.54) is 19.2 Å². The summed E-state index contributed by atoms with van der Waals surface area (Å²) in [6, 6.07) is 6.87. The molecule has 1 atom stereocenters. The largest absolute Gasteiger partial charge is 0.495 e. The number of nitrogens with two attached hydrogens (primary N) is 1. The quantitative estimate of drug-likeness (QED) is 0.789. The number of rotatable bonds is 7. The SMILES string of the molecule is COc1ccc(C(C#N)(CCCO)C(C)C)cc1S(N)(=O)=O. The van der Waals surface area contributed by atoms with Gasteiger partial charge in [0.1, 0.15) is 10.6 Å². The minimum absolute atomic E-state index is 0.0334. The third kappa shape index (κ3) is 3.58. The van der Waals surface area contributed by atoms with Gasteiger partial charge in [0.15, 0.2) is 0 Å². The van der Waals surface area contributed by atoms with Crippen molar-refractivity contribution in [3.8, 4) is 11.8 Å². The molecule has 22 heavy (non-hydrogen) atoms. The molecule has 1 rings (SSSR count). The maximum absolute atomic E-state index is 11.7. The van der Waals surface area contributed by atoms with Gasteiger partial charge in [-0.1, -0.05) is 19.9 Å². The smallest absolute Gasteiger partial charge is 0.241 e. The molecule has 0 aliphatic carbocycles. The van der Waals surface area contributed by atoms with E-state index < -0.39 is 15.4 Å². The summed E-state index contributed by atoms with van der Waals surface area (Å²) in [5.41, 5.74) is -0.336. The van der Waals surface area contributed by atoms with E-state index in [2.05, 4.69) is 6.07 Å². The first-order valence-corrected chi connectivity index (χ1v) is 8.51. The number of nitrogens with zero attached hydrogens (tertiary/aromatic N) is 1. The van der Waals surface area contributed by atoms with E-state index in [1.54, 1.807) is 6.07 Å². The van der Waals surface area contributed by atoms with Crippen LogP contribution in [0.25, 0.3) is 0 Å². The molecule has 6 nitrogen and oxygen atoms in total. The predicted molar refractivity (Wildman–Crippen MR) is 82.8 cm³/mol. The highest BCUT2D eigenvalue weighted by molar-refractivity contribution is 7.89. The van der Waals surface area contributed by atoms with Crippen LogP contribution in [0, 0.1) is 17.2 Å². The molecule has 3 N–H and O–H groups in total. The third-order valence-corrected chi connectivity index (χ3v) is 4.83. The number of primary sulfonamides is 1. The van der Waals surface area contributed by atoms with Crippen LogP contribution in [-0.4, -0.2) is 27.2 Å². The molecule has 7 heteroatoms. The van der Waals surface area contributed by atoms with Crippen molar-refractivity contribution >= 4 is 10.0 Å². The van der Waals surface area contributed by atoms with Crippen LogP contribution < -0.4 is 9.88 Å². The Balaban J connectivity index is 3.54. The molecule has 0 aromatic heterocycles. The molecule has 0 aliphatic rings. The van der Waals surface area contributed by atoms with Crippen LogP contribution in [0.5, 0.6) is 5.75 Å². The number of hydrogen-bond acceptors (Lipinski definition) is 5. The van der Waals surface area contributed by atoms with Crippen LogP contribution in [0.3, 0.4) is 0 Å². The highest BCUT2D eigenvalue weighted by atomic mass is 32.2. The van der Waals surface area contributed by atoms with Crippen molar-refractivity contribution in [1.82, 2.24) is 0 Å². The van der Waals surface area contributed by atoms with Gasteiger partial charge in [0, 0.05) is 6.61 Å². The van der Waals surface area contributed by atoms with E-state index in [1.807, 2.05) is 13.8 Å². The monoisotopic (exact) mass is 326 g/mol. The molecular formula is C15H22N2O4S. The van der Waals surface area contributed by atoms with Crippen LogP contribution in [0.1, 0.15) is 32.3 Å². The maximum atomic E-state index is 11.7. The third-order valence-electron chi connectivity index (χ3n) is 3.90. The van der Waals surface area contributed by atoms with E-state index in [0.29, 0.717) is 18.4 Å². The van der Waals surface area contributed by atoms with Crippen LogP contribution >= 0.6 is 0 Å². The summed E-state index contributed by atoms with van der Waals surface area (Å²) in [7, 11) is -2.61. The first kappa shape index (κ1) is 18.4. The van der Waals surface area contributed by atoms with Gasteiger partial charge in [0.2, 0.25) is 10.0 Å². The molecule has 0 amide bonds. The normalized spacial score (nSPS) is 14.4. The molecule has 0 aliphatic heterocycles. The molecule has 0 fully saturated rings. The summed E-state index contributed by atoms with van der Waals surface area (Å²) < 4.78 is 28.5. The maximum Gasteiger partial charge on any atom is 0.241 e. The van der Waals surface area contributed by atoms with E-state index in [0.717, 1.165) is 0 Å². The number of nitriles is 1. The molecule has 1 unspecified atom stereocenters. The van der Waals surface area contributed by atoms with Crippen LogP contribution in [0.4, 0.5) is 0 Å². The lowest BCUT2D eigenvalue weighted by molar-refractivity contribution is 0.256. The topological polar surface area (TPSA) is 113 Å². The van der Waals surface area contributed by atoms with E-state index >= 15 is 0 Å². The Hall–Kier alpha value is -1.62. The zero-order chi connectivity index (χ0) is 17.0. The second-order valence-corrected chi connectivity index (χ2v) is 7.01. The van der Waals surface area contributed by atoms with Crippen LogP contribution in [-0.2, 0) is 15.4 Å².